The van der Waals surface area contributed by atoms with Crippen LogP contribution < -0.4 is 0 Å². The van der Waals surface area contributed by atoms with Gasteiger partial charge in [-0.1, -0.05) is 52.1 Å². The van der Waals surface area contributed by atoms with Crippen LogP contribution in [0, 0.1) is 0 Å². The maximum Gasteiger partial charge on any atom is 0.335 e. The molecule has 232 valence electrons. The van der Waals surface area contributed by atoms with Crippen molar-refractivity contribution in [1.29, 1.82) is 0 Å². The van der Waals surface area contributed by atoms with Gasteiger partial charge in [0.25, 0.3) is 0 Å². The molecular formula is C37H34N4O5. The van der Waals surface area contributed by atoms with Crippen LogP contribution in [0.3, 0.4) is 0 Å². The zero-order chi connectivity index (χ0) is 30.5. The number of carboxylic acid groups (broad SMARTS) is 1. The zero-order valence-electron chi connectivity index (χ0n) is 23.6. The highest BCUT2D eigenvalue weighted by atomic mass is 16.4. The average molecular weight is 615 g/mol. The van der Waals surface area contributed by atoms with Crippen LogP contribution in [0.1, 0.15) is 60.4 Å². The highest BCUT2D eigenvalue weighted by molar-refractivity contribution is 5.99. The summed E-state index contributed by atoms with van der Waals surface area (Å²) in [6.45, 7) is 2.07. The number of pyridine rings is 2. The minimum atomic E-state index is -0.981. The Morgan fingerprint density at radius 2 is 1.15 bits per heavy atom. The topological polar surface area (TPSA) is 132 Å². The lowest BCUT2D eigenvalue weighted by Gasteiger charge is -2.10. The number of nitrogens with zero attached hydrogens (tertiary/aromatic N) is 4. The minimum Gasteiger partial charge on any atom is -0.478 e. The summed E-state index contributed by atoms with van der Waals surface area (Å²) in [5.74, 6) is 0.283. The first kappa shape index (κ1) is 32.9. The van der Waals surface area contributed by atoms with Crippen LogP contribution in [0.4, 0.5) is 0 Å². The van der Waals surface area contributed by atoms with E-state index < -0.39 is 5.97 Å². The van der Waals surface area contributed by atoms with E-state index in [-0.39, 0.29) is 32.1 Å². The van der Waals surface area contributed by atoms with Crippen molar-refractivity contribution in [2.75, 3.05) is 0 Å². The first-order chi connectivity index (χ1) is 21.4. The Morgan fingerprint density at radius 1 is 0.674 bits per heavy atom. The van der Waals surface area contributed by atoms with Gasteiger partial charge in [0.1, 0.15) is 11.0 Å². The largest absolute Gasteiger partial charge is 0.478 e. The van der Waals surface area contributed by atoms with Crippen LogP contribution in [0.5, 0.6) is 0 Å². The summed E-state index contributed by atoms with van der Waals surface area (Å²) in [6, 6.07) is 27.4. The molecule has 0 bridgehead atoms. The lowest BCUT2D eigenvalue weighted by Crippen LogP contribution is -2.05. The lowest BCUT2D eigenvalue weighted by molar-refractivity contribution is 0.0696. The molecule has 3 aromatic carbocycles. The molecule has 0 fully saturated rings. The smallest absolute Gasteiger partial charge is 0.335 e. The number of benzene rings is 3. The molecule has 7 aromatic rings. The molecule has 4 heterocycles. The summed E-state index contributed by atoms with van der Waals surface area (Å²) in [5, 5.41) is 8.90. The van der Waals surface area contributed by atoms with Crippen LogP contribution in [-0.4, -0.2) is 36.8 Å². The Morgan fingerprint density at radius 3 is 1.65 bits per heavy atom. The number of aromatic carboxylic acids is 1. The molecule has 9 nitrogen and oxygen atoms in total. The summed E-state index contributed by atoms with van der Waals surface area (Å²) in [6.07, 6.45) is 7.15. The van der Waals surface area contributed by atoms with Crippen LogP contribution >= 0.6 is 0 Å². The Labute approximate surface area is 266 Å². The lowest BCUT2D eigenvalue weighted by atomic mass is 9.93. The second-order valence-corrected chi connectivity index (χ2v) is 10.1. The number of hydrogen-bond donors (Lipinski definition) is 1. The van der Waals surface area contributed by atoms with Crippen LogP contribution in [0.15, 0.2) is 125 Å². The molecule has 0 aliphatic carbocycles. The van der Waals surface area contributed by atoms with Gasteiger partial charge in [0.05, 0.1) is 5.56 Å². The van der Waals surface area contributed by atoms with E-state index in [1.165, 1.54) is 17.7 Å². The molecule has 46 heavy (non-hydrogen) atoms. The Bertz CT molecular complexity index is 2060. The van der Waals surface area contributed by atoms with Crippen LogP contribution in [0.25, 0.3) is 45.1 Å². The van der Waals surface area contributed by atoms with Gasteiger partial charge in [-0.2, -0.15) is 0 Å². The molecule has 1 atom stereocenters. The molecule has 0 aliphatic rings. The maximum absolute atomic E-state index is 12.7. The Hall–Kier alpha value is -5.96. The predicted octanol–water partition coefficient (Wildman–Crippen LogP) is 9.13. The number of hydrogen-bond acceptors (Lipinski definition) is 8. The molecule has 0 saturated carbocycles. The van der Waals surface area contributed by atoms with Crippen LogP contribution in [-0.2, 0) is 0 Å². The van der Waals surface area contributed by atoms with Crippen molar-refractivity contribution < 1.29 is 23.5 Å². The fraction of sp³-hybridized carbons (Fsp3) is 0.135. The molecule has 0 amide bonds. The average Bonchev–Trinajstić information content (AvgIpc) is 3.70. The van der Waals surface area contributed by atoms with E-state index in [4.69, 9.17) is 13.9 Å². The van der Waals surface area contributed by atoms with Crippen molar-refractivity contribution in [3.05, 3.63) is 132 Å². The number of carboxylic acids is 1. The number of Topliss-reactive ketones (excluding diaryl/α,β-unsaturated/α-hetero) is 1. The van der Waals surface area contributed by atoms with Gasteiger partial charge in [0.2, 0.25) is 11.8 Å². The van der Waals surface area contributed by atoms with Crippen molar-refractivity contribution in [1.82, 2.24) is 19.9 Å². The molecule has 7 rings (SSSR count). The second-order valence-electron chi connectivity index (χ2n) is 10.1. The summed E-state index contributed by atoms with van der Waals surface area (Å²) < 4.78 is 11.3. The first-order valence-corrected chi connectivity index (χ1v) is 13.9. The van der Waals surface area contributed by atoms with Gasteiger partial charge in [-0.05, 0) is 72.1 Å². The number of rotatable bonds is 7. The Kier molecular flexibility index (Phi) is 10.5. The molecule has 0 radical (unpaired) electrons. The predicted molar refractivity (Wildman–Crippen MR) is 179 cm³/mol. The molecule has 1 unspecified atom stereocenters. The number of oxazole rings is 2. The minimum absolute atomic E-state index is 0. The summed E-state index contributed by atoms with van der Waals surface area (Å²) in [4.78, 5) is 40.2. The fourth-order valence-electron chi connectivity index (χ4n) is 4.69. The summed E-state index contributed by atoms with van der Waals surface area (Å²) in [5.41, 5.74) is 6.14. The highest BCUT2D eigenvalue weighted by Crippen LogP contribution is 2.27. The fourth-order valence-corrected chi connectivity index (χ4v) is 4.69. The molecular weight excluding hydrogens is 580 g/mol. The molecule has 0 spiro atoms. The van der Waals surface area contributed by atoms with Gasteiger partial charge in [-0.15, -0.1) is 0 Å². The van der Waals surface area contributed by atoms with E-state index >= 15 is 0 Å². The van der Waals surface area contributed by atoms with E-state index in [1.54, 1.807) is 43.0 Å². The number of fused-ring (bicyclic) bond motifs is 2. The third-order valence-electron chi connectivity index (χ3n) is 7.06. The van der Waals surface area contributed by atoms with Gasteiger partial charge < -0.3 is 13.9 Å². The Balaban J connectivity index is 0.000000212. The van der Waals surface area contributed by atoms with Crippen molar-refractivity contribution >= 4 is 34.0 Å². The molecule has 0 aliphatic heterocycles. The first-order valence-electron chi connectivity index (χ1n) is 13.9. The number of aromatic nitrogens is 4. The highest BCUT2D eigenvalue weighted by Gasteiger charge is 2.16. The van der Waals surface area contributed by atoms with Gasteiger partial charge in [-0.25, -0.2) is 14.8 Å². The summed E-state index contributed by atoms with van der Waals surface area (Å²) in [7, 11) is 0. The number of carbonyl (C=O) groups is 2. The molecule has 0 saturated heterocycles. The normalized spacial score (nSPS) is 11.1. The standard InChI is InChI=1S/C22H18N2O2.C13H8N2O3.2CH4/c1-15(16-5-3-2-4-6-16)13-20(25)18-7-8-21-19(14-18)24-22(26-21)17-9-11-23-12-10-17;16-13(17)9-1-2-11-10(7-9)15-12(18-11)8-3-5-14-6-4-8;;/h2-12,14-15H,13H2,1H3;1-7H,(H,16,17);2*1H4. The number of ketones is 1. The second kappa shape index (κ2) is 14.7. The van der Waals surface area contributed by atoms with Crippen molar-refractivity contribution in [2.24, 2.45) is 0 Å². The molecule has 9 heteroatoms. The maximum atomic E-state index is 12.7. The van der Waals surface area contributed by atoms with Gasteiger partial charge in [0, 0.05) is 47.9 Å². The summed E-state index contributed by atoms with van der Waals surface area (Å²) >= 11 is 0. The monoisotopic (exact) mass is 614 g/mol. The van der Waals surface area contributed by atoms with Crippen molar-refractivity contribution in [2.45, 2.75) is 34.1 Å². The van der Waals surface area contributed by atoms with Crippen molar-refractivity contribution in [3.8, 4) is 22.9 Å². The van der Waals surface area contributed by atoms with E-state index in [0.717, 1.165) is 11.1 Å². The third kappa shape index (κ3) is 7.39. The molecule has 4 aromatic heterocycles. The van der Waals surface area contributed by atoms with E-state index in [0.29, 0.717) is 46.0 Å². The number of carbonyl (C=O) groups excluding carboxylic acids is 1. The van der Waals surface area contributed by atoms with Gasteiger partial charge in [-0.3, -0.25) is 14.8 Å². The van der Waals surface area contributed by atoms with Crippen LogP contribution in [0.2, 0.25) is 0 Å². The zero-order valence-corrected chi connectivity index (χ0v) is 23.6. The molecule has 1 N–H and O–H groups in total. The van der Waals surface area contributed by atoms with E-state index in [2.05, 4.69) is 39.0 Å². The van der Waals surface area contributed by atoms with Gasteiger partial charge >= 0.3 is 5.97 Å². The SMILES string of the molecule is C.C.CC(CC(=O)c1ccc2oc(-c3ccncc3)nc2c1)c1ccccc1.O=C(O)c1ccc2oc(-c3ccncc3)nc2c1. The third-order valence-corrected chi connectivity index (χ3v) is 7.06. The van der Waals surface area contributed by atoms with Gasteiger partial charge in [0.15, 0.2) is 16.9 Å². The van der Waals surface area contributed by atoms with Crippen molar-refractivity contribution in [3.63, 3.8) is 0 Å². The van der Waals surface area contributed by atoms with E-state index in [9.17, 15) is 9.59 Å². The van der Waals surface area contributed by atoms with E-state index in [1.807, 2.05) is 48.5 Å². The quantitative estimate of drug-likeness (QED) is 0.174.